The molecule has 2 aromatic rings. The molecule has 128 valence electrons. The second-order valence-electron chi connectivity index (χ2n) is 5.84. The fourth-order valence-corrected chi connectivity index (χ4v) is 3.65. The first-order valence-electron chi connectivity index (χ1n) is 7.82. The molecule has 2 aromatic heterocycles. The molecular weight excluding hydrogens is 330 g/mol. The van der Waals surface area contributed by atoms with Crippen LogP contribution in [0.15, 0.2) is 28.7 Å². The third-order valence-electron chi connectivity index (χ3n) is 4.03. The maximum absolute atomic E-state index is 12.4. The number of amides is 1. The molecule has 2 unspecified atom stereocenters. The quantitative estimate of drug-likeness (QED) is 0.866. The molecule has 1 amide bonds. The number of aryl methyl sites for hydroxylation is 1. The molecule has 0 spiro atoms. The van der Waals surface area contributed by atoms with E-state index < -0.39 is 12.0 Å². The molecule has 1 aliphatic heterocycles. The Morgan fingerprint density at radius 1 is 1.33 bits per heavy atom. The van der Waals surface area contributed by atoms with Gasteiger partial charge in [-0.2, -0.15) is 0 Å². The van der Waals surface area contributed by atoms with E-state index in [-0.39, 0.29) is 11.8 Å². The van der Waals surface area contributed by atoms with E-state index >= 15 is 0 Å². The van der Waals surface area contributed by atoms with Crippen LogP contribution in [0, 0.1) is 12.8 Å². The summed E-state index contributed by atoms with van der Waals surface area (Å²) < 4.78 is 10.9. The van der Waals surface area contributed by atoms with Crippen LogP contribution in [0.5, 0.6) is 0 Å². The van der Waals surface area contributed by atoms with Crippen LogP contribution in [-0.2, 0) is 9.53 Å². The van der Waals surface area contributed by atoms with Crippen LogP contribution in [0.4, 0.5) is 0 Å². The van der Waals surface area contributed by atoms with Crippen LogP contribution in [0.3, 0.4) is 0 Å². The zero-order chi connectivity index (χ0) is 17.1. The van der Waals surface area contributed by atoms with Crippen molar-refractivity contribution in [3.05, 3.63) is 34.9 Å². The Balaban J connectivity index is 1.71. The van der Waals surface area contributed by atoms with E-state index in [9.17, 15) is 14.7 Å². The number of hydrogen-bond donors (Lipinski definition) is 2. The third kappa shape index (κ3) is 3.68. The van der Waals surface area contributed by atoms with E-state index in [1.165, 1.54) is 11.3 Å². The summed E-state index contributed by atoms with van der Waals surface area (Å²) in [4.78, 5) is 25.2. The largest absolute Gasteiger partial charge is 0.480 e. The van der Waals surface area contributed by atoms with E-state index in [1.807, 2.05) is 19.1 Å². The lowest BCUT2D eigenvalue weighted by molar-refractivity contribution is -0.142. The van der Waals surface area contributed by atoms with Crippen LogP contribution in [-0.4, -0.2) is 36.2 Å². The summed E-state index contributed by atoms with van der Waals surface area (Å²) in [6, 6.07) is 6.26. The van der Waals surface area contributed by atoms with E-state index in [0.717, 1.165) is 23.5 Å². The normalized spacial score (nSPS) is 19.0. The summed E-state index contributed by atoms with van der Waals surface area (Å²) in [5.74, 6) is -0.114. The second kappa shape index (κ2) is 7.19. The first kappa shape index (κ1) is 16.7. The molecule has 0 aromatic carbocycles. The highest BCUT2D eigenvalue weighted by Gasteiger charge is 2.31. The second-order valence-corrected chi connectivity index (χ2v) is 6.92. The molecule has 3 rings (SSSR count). The number of thiophene rings is 1. The maximum Gasteiger partial charge on any atom is 0.326 e. The van der Waals surface area contributed by atoms with Gasteiger partial charge in [0.15, 0.2) is 0 Å². The smallest absolute Gasteiger partial charge is 0.326 e. The van der Waals surface area contributed by atoms with Gasteiger partial charge in [0.25, 0.3) is 5.91 Å². The van der Waals surface area contributed by atoms with Crippen molar-refractivity contribution in [2.45, 2.75) is 25.8 Å². The molecule has 2 atom stereocenters. The van der Waals surface area contributed by atoms with Gasteiger partial charge >= 0.3 is 5.97 Å². The Kier molecular flexibility index (Phi) is 5.01. The van der Waals surface area contributed by atoms with E-state index in [1.54, 1.807) is 12.1 Å². The van der Waals surface area contributed by atoms with Gasteiger partial charge in [-0.1, -0.05) is 0 Å². The van der Waals surface area contributed by atoms with Gasteiger partial charge in [0.1, 0.15) is 17.6 Å². The Hall–Kier alpha value is -2.12. The molecule has 1 saturated heterocycles. The molecule has 7 heteroatoms. The number of furan rings is 1. The molecule has 3 heterocycles. The lowest BCUT2D eigenvalue weighted by Crippen LogP contribution is -2.48. The van der Waals surface area contributed by atoms with Crippen molar-refractivity contribution >= 4 is 23.2 Å². The van der Waals surface area contributed by atoms with Gasteiger partial charge in [-0.05, 0) is 44.0 Å². The molecule has 0 saturated carbocycles. The fourth-order valence-electron chi connectivity index (χ4n) is 2.78. The minimum absolute atomic E-state index is 0.202. The van der Waals surface area contributed by atoms with Gasteiger partial charge in [-0.3, -0.25) is 4.79 Å². The Labute approximate surface area is 143 Å². The predicted molar refractivity (Wildman–Crippen MR) is 89.2 cm³/mol. The Bertz CT molecular complexity index is 729. The van der Waals surface area contributed by atoms with E-state index in [4.69, 9.17) is 9.15 Å². The number of carboxylic acid groups (broad SMARTS) is 1. The van der Waals surface area contributed by atoms with Crippen molar-refractivity contribution in [2.24, 2.45) is 5.92 Å². The zero-order valence-corrected chi connectivity index (χ0v) is 14.1. The SMILES string of the molecule is Cc1ccc(-c2ccc(C(=O)NC(C(=O)O)C3CCCOC3)s2)o1. The number of carbonyl (C=O) groups excluding carboxylic acids is 1. The highest BCUT2D eigenvalue weighted by molar-refractivity contribution is 7.17. The lowest BCUT2D eigenvalue weighted by Gasteiger charge is -2.27. The van der Waals surface area contributed by atoms with Gasteiger partial charge < -0.3 is 19.6 Å². The van der Waals surface area contributed by atoms with Crippen molar-refractivity contribution < 1.29 is 23.8 Å². The van der Waals surface area contributed by atoms with Crippen LogP contribution < -0.4 is 5.32 Å². The van der Waals surface area contributed by atoms with Crippen LogP contribution in [0.1, 0.15) is 28.3 Å². The monoisotopic (exact) mass is 349 g/mol. The molecule has 6 nitrogen and oxygen atoms in total. The average Bonchev–Trinajstić information content (AvgIpc) is 3.21. The molecule has 0 bridgehead atoms. The molecule has 24 heavy (non-hydrogen) atoms. The van der Waals surface area contributed by atoms with Crippen LogP contribution in [0.2, 0.25) is 0 Å². The van der Waals surface area contributed by atoms with Crippen LogP contribution in [0.25, 0.3) is 10.6 Å². The summed E-state index contributed by atoms with van der Waals surface area (Å²) in [6.07, 6.45) is 1.55. The Morgan fingerprint density at radius 3 is 2.79 bits per heavy atom. The lowest BCUT2D eigenvalue weighted by atomic mass is 9.93. The van der Waals surface area contributed by atoms with Crippen LogP contribution >= 0.6 is 11.3 Å². The first-order chi connectivity index (χ1) is 11.5. The van der Waals surface area contributed by atoms with Gasteiger partial charge in [0.05, 0.1) is 16.4 Å². The summed E-state index contributed by atoms with van der Waals surface area (Å²) in [7, 11) is 0. The number of ether oxygens (including phenoxy) is 1. The van der Waals surface area contributed by atoms with Gasteiger partial charge in [0.2, 0.25) is 0 Å². The molecule has 1 aliphatic rings. The Morgan fingerprint density at radius 2 is 2.17 bits per heavy atom. The summed E-state index contributed by atoms with van der Waals surface area (Å²) >= 11 is 1.28. The number of hydrogen-bond acceptors (Lipinski definition) is 5. The minimum atomic E-state index is -1.03. The average molecular weight is 349 g/mol. The minimum Gasteiger partial charge on any atom is -0.480 e. The van der Waals surface area contributed by atoms with Crippen molar-refractivity contribution in [2.75, 3.05) is 13.2 Å². The molecular formula is C17H19NO5S. The summed E-state index contributed by atoms with van der Waals surface area (Å²) in [6.45, 7) is 2.86. The van der Waals surface area contributed by atoms with Gasteiger partial charge in [-0.25, -0.2) is 4.79 Å². The highest BCUT2D eigenvalue weighted by Crippen LogP contribution is 2.29. The number of nitrogens with one attached hydrogen (secondary N) is 1. The molecule has 2 N–H and O–H groups in total. The fraction of sp³-hybridized carbons (Fsp3) is 0.412. The van der Waals surface area contributed by atoms with Crippen molar-refractivity contribution in [1.29, 1.82) is 0 Å². The zero-order valence-electron chi connectivity index (χ0n) is 13.3. The van der Waals surface area contributed by atoms with Crippen molar-refractivity contribution in [3.8, 4) is 10.6 Å². The topological polar surface area (TPSA) is 88.8 Å². The summed E-state index contributed by atoms with van der Waals surface area (Å²) in [5.41, 5.74) is 0. The van der Waals surface area contributed by atoms with Gasteiger partial charge in [0, 0.05) is 12.5 Å². The molecule has 1 fully saturated rings. The summed E-state index contributed by atoms with van der Waals surface area (Å²) in [5, 5.41) is 12.1. The highest BCUT2D eigenvalue weighted by atomic mass is 32.1. The third-order valence-corrected chi connectivity index (χ3v) is 5.13. The maximum atomic E-state index is 12.4. The molecule has 0 aliphatic carbocycles. The number of rotatable bonds is 5. The molecule has 0 radical (unpaired) electrons. The number of carboxylic acids is 1. The van der Waals surface area contributed by atoms with E-state index in [2.05, 4.69) is 5.32 Å². The van der Waals surface area contributed by atoms with E-state index in [0.29, 0.717) is 23.9 Å². The number of aliphatic carboxylic acids is 1. The van der Waals surface area contributed by atoms with Crippen molar-refractivity contribution in [1.82, 2.24) is 5.32 Å². The standard InChI is InChI=1S/C17H19NO5S/c1-10-4-5-12(23-10)13-6-7-14(24-13)16(19)18-15(17(20)21)11-3-2-8-22-9-11/h4-7,11,15H,2-3,8-9H2,1H3,(H,18,19)(H,20,21). The van der Waals surface area contributed by atoms with Gasteiger partial charge in [-0.15, -0.1) is 11.3 Å². The number of carbonyl (C=O) groups is 2. The van der Waals surface area contributed by atoms with Crippen molar-refractivity contribution in [3.63, 3.8) is 0 Å². The predicted octanol–water partition coefficient (Wildman–Crippen LogP) is 2.93. The first-order valence-corrected chi connectivity index (χ1v) is 8.64.